The molecule has 0 fully saturated rings. The lowest BCUT2D eigenvalue weighted by molar-refractivity contribution is -0.113. The lowest BCUT2D eigenvalue weighted by atomic mass is 9.64. The van der Waals surface area contributed by atoms with Gasteiger partial charge < -0.3 is 20.0 Å². The maximum Gasteiger partial charge on any atom is 0.526 e. The van der Waals surface area contributed by atoms with Crippen LogP contribution in [0.1, 0.15) is 22.3 Å². The molecule has 0 aliphatic carbocycles. The number of hydrogen-bond donors (Lipinski definition) is 3. The molecule has 0 saturated carbocycles. The average molecular weight is 344 g/mol. The second-order valence-electron chi connectivity index (χ2n) is 5.58. The van der Waals surface area contributed by atoms with Crippen LogP contribution >= 0.6 is 0 Å². The predicted octanol–water partition coefficient (Wildman–Crippen LogP) is 0.782. The van der Waals surface area contributed by atoms with Gasteiger partial charge >= 0.3 is 13.1 Å². The summed E-state index contributed by atoms with van der Waals surface area (Å²) in [6.45, 7) is 0.0413. The van der Waals surface area contributed by atoms with E-state index in [1.807, 2.05) is 0 Å². The third kappa shape index (κ3) is 3.26. The summed E-state index contributed by atoms with van der Waals surface area (Å²) in [6, 6.07) is 4.62. The Morgan fingerprint density at radius 3 is 2.84 bits per heavy atom. The fourth-order valence-corrected chi connectivity index (χ4v) is 2.77. The molecule has 3 rings (SSSR count). The first-order chi connectivity index (χ1) is 12.0. The quantitative estimate of drug-likeness (QED) is 0.310. The van der Waals surface area contributed by atoms with Crippen LogP contribution in [0.5, 0.6) is 5.75 Å². The Morgan fingerprint density at radius 2 is 2.20 bits per heavy atom. The van der Waals surface area contributed by atoms with Gasteiger partial charge in [0.05, 0.1) is 5.56 Å². The van der Waals surface area contributed by atoms with E-state index in [1.54, 1.807) is 12.1 Å². The number of carboxylic acid groups (broad SMARTS) is 1. The molecule has 1 aromatic carbocycles. The van der Waals surface area contributed by atoms with E-state index >= 15 is 0 Å². The molecule has 11 heteroatoms. The maximum atomic E-state index is 12.3. The minimum atomic E-state index is -1.36. The van der Waals surface area contributed by atoms with E-state index < -0.39 is 24.7 Å². The number of oxime groups is 1. The molecule has 3 N–H and O–H groups in total. The molecule has 2 aliphatic rings. The zero-order valence-corrected chi connectivity index (χ0v) is 12.9. The van der Waals surface area contributed by atoms with Gasteiger partial charge in [-0.25, -0.2) is 4.79 Å². The summed E-state index contributed by atoms with van der Waals surface area (Å²) in [5.41, 5.74) is 0.408. The van der Waals surface area contributed by atoms with Crippen molar-refractivity contribution in [2.75, 3.05) is 6.54 Å². The van der Waals surface area contributed by atoms with Gasteiger partial charge in [0.1, 0.15) is 18.0 Å². The average Bonchev–Trinajstić information content (AvgIpc) is 3.09. The SMILES string of the molecule is O=C(C[C@H]1Cc2cccc(C(=O)O)c2OB1O)C(=NO)C1=NN=NC1. The number of para-hydroxylation sites is 1. The van der Waals surface area contributed by atoms with Crippen molar-refractivity contribution in [3.8, 4) is 5.75 Å². The van der Waals surface area contributed by atoms with Gasteiger partial charge in [-0.3, -0.25) is 4.79 Å². The lowest BCUT2D eigenvalue weighted by Gasteiger charge is -2.27. The Kier molecular flexibility index (Phi) is 4.57. The molecule has 0 aromatic heterocycles. The van der Waals surface area contributed by atoms with Crippen molar-refractivity contribution in [1.82, 2.24) is 0 Å². The molecule has 2 aliphatic heterocycles. The van der Waals surface area contributed by atoms with E-state index in [0.29, 0.717) is 5.56 Å². The van der Waals surface area contributed by atoms with E-state index in [9.17, 15) is 19.7 Å². The lowest BCUT2D eigenvalue weighted by Crippen LogP contribution is -2.37. The third-order valence-electron chi connectivity index (χ3n) is 3.99. The minimum Gasteiger partial charge on any atom is -0.535 e. The molecule has 1 atom stereocenters. The second kappa shape index (κ2) is 6.81. The molecule has 0 radical (unpaired) electrons. The van der Waals surface area contributed by atoms with Crippen LogP contribution in [0.3, 0.4) is 0 Å². The number of carboxylic acids is 1. The van der Waals surface area contributed by atoms with Gasteiger partial charge in [-0.1, -0.05) is 17.3 Å². The standard InChI is InChI=1S/C14H13BN4O6/c20-11(12(18-24)10-6-16-19-17-10)5-8-4-7-2-1-3-9(14(21)22)13(7)25-15(8)23/h1-3,8,23-24H,4-6H2,(H,21,22)/t8-/m1/s1. The third-order valence-corrected chi connectivity index (χ3v) is 3.99. The summed E-state index contributed by atoms with van der Waals surface area (Å²) in [5.74, 6) is -2.24. The van der Waals surface area contributed by atoms with E-state index in [0.717, 1.165) is 0 Å². The normalized spacial score (nSPS) is 19.2. The van der Waals surface area contributed by atoms with Gasteiger partial charge in [0.2, 0.25) is 0 Å². The van der Waals surface area contributed by atoms with Crippen LogP contribution in [0.25, 0.3) is 0 Å². The number of carbonyl (C=O) groups excluding carboxylic acids is 1. The largest absolute Gasteiger partial charge is 0.535 e. The zero-order chi connectivity index (χ0) is 18.0. The number of aromatic carboxylic acids is 1. The topological polar surface area (TPSA) is 154 Å². The molecule has 0 bridgehead atoms. The van der Waals surface area contributed by atoms with E-state index in [-0.39, 0.29) is 42.1 Å². The number of rotatable bonds is 5. The summed E-state index contributed by atoms with van der Waals surface area (Å²) >= 11 is 0. The summed E-state index contributed by atoms with van der Waals surface area (Å²) < 4.78 is 5.33. The van der Waals surface area contributed by atoms with Crippen molar-refractivity contribution in [3.05, 3.63) is 29.3 Å². The van der Waals surface area contributed by atoms with Gasteiger partial charge in [-0.05, 0) is 23.3 Å². The Hall–Kier alpha value is -3.08. The van der Waals surface area contributed by atoms with Crippen molar-refractivity contribution in [2.45, 2.75) is 18.7 Å². The molecular weight excluding hydrogens is 331 g/mol. The first kappa shape index (κ1) is 16.8. The zero-order valence-electron chi connectivity index (χ0n) is 12.9. The van der Waals surface area contributed by atoms with Crippen LogP contribution in [-0.4, -0.2) is 52.2 Å². The number of fused-ring (bicyclic) bond motifs is 1. The minimum absolute atomic E-state index is 0.0413. The highest BCUT2D eigenvalue weighted by Crippen LogP contribution is 2.36. The molecule has 0 amide bonds. The molecule has 10 nitrogen and oxygen atoms in total. The summed E-state index contributed by atoms with van der Waals surface area (Å²) in [5, 5.41) is 41.9. The van der Waals surface area contributed by atoms with Gasteiger partial charge in [-0.2, -0.15) is 5.11 Å². The Labute approximate surface area is 141 Å². The maximum absolute atomic E-state index is 12.3. The fraction of sp³-hybridized carbons (Fsp3) is 0.286. The van der Waals surface area contributed by atoms with Crippen molar-refractivity contribution < 1.29 is 29.6 Å². The second-order valence-corrected chi connectivity index (χ2v) is 5.58. The first-order valence-electron chi connectivity index (χ1n) is 7.40. The van der Waals surface area contributed by atoms with Crippen molar-refractivity contribution in [2.24, 2.45) is 20.6 Å². The molecule has 2 heterocycles. The van der Waals surface area contributed by atoms with Crippen LogP contribution in [0, 0.1) is 0 Å². The Morgan fingerprint density at radius 1 is 1.40 bits per heavy atom. The number of nitrogens with zero attached hydrogens (tertiary/aromatic N) is 4. The summed E-state index contributed by atoms with van der Waals surface area (Å²) in [4.78, 5) is 23.6. The number of ketones is 1. The van der Waals surface area contributed by atoms with Gasteiger partial charge in [0.25, 0.3) is 0 Å². The van der Waals surface area contributed by atoms with E-state index in [1.165, 1.54) is 6.07 Å². The van der Waals surface area contributed by atoms with Gasteiger partial charge in [0, 0.05) is 12.2 Å². The molecular formula is C14H13BN4O6. The molecule has 0 saturated heterocycles. The highest BCUT2D eigenvalue weighted by Gasteiger charge is 2.39. The smallest absolute Gasteiger partial charge is 0.526 e. The predicted molar refractivity (Wildman–Crippen MR) is 85.5 cm³/mol. The van der Waals surface area contributed by atoms with Crippen LogP contribution in [0.2, 0.25) is 5.82 Å². The van der Waals surface area contributed by atoms with Gasteiger partial charge in [-0.15, -0.1) is 5.10 Å². The number of Topliss-reactive ketones (excluding diaryl/α,β-unsaturated/α-hetero) is 1. The highest BCUT2D eigenvalue weighted by atomic mass is 16.5. The van der Waals surface area contributed by atoms with Crippen LogP contribution < -0.4 is 4.65 Å². The number of carbonyl (C=O) groups is 2. The summed E-state index contributed by atoms with van der Waals surface area (Å²) in [7, 11) is -1.36. The summed E-state index contributed by atoms with van der Waals surface area (Å²) in [6.07, 6.45) is 0.0691. The monoisotopic (exact) mass is 344 g/mol. The molecule has 1 aromatic rings. The molecule has 0 unspecified atom stereocenters. The van der Waals surface area contributed by atoms with Crippen molar-refractivity contribution in [1.29, 1.82) is 0 Å². The van der Waals surface area contributed by atoms with Crippen molar-refractivity contribution >= 4 is 30.3 Å². The highest BCUT2D eigenvalue weighted by molar-refractivity contribution is 6.68. The van der Waals surface area contributed by atoms with Crippen LogP contribution in [0.4, 0.5) is 0 Å². The number of hydrogen-bond acceptors (Lipinski definition) is 9. The van der Waals surface area contributed by atoms with Crippen LogP contribution in [0.15, 0.2) is 38.8 Å². The first-order valence-corrected chi connectivity index (χ1v) is 7.40. The molecule has 25 heavy (non-hydrogen) atoms. The van der Waals surface area contributed by atoms with E-state index in [2.05, 4.69) is 20.6 Å². The Balaban J connectivity index is 1.77. The Bertz CT molecular complexity index is 822. The number of benzene rings is 1. The van der Waals surface area contributed by atoms with E-state index in [4.69, 9.17) is 9.86 Å². The van der Waals surface area contributed by atoms with Crippen molar-refractivity contribution in [3.63, 3.8) is 0 Å². The fourth-order valence-electron chi connectivity index (χ4n) is 2.77. The molecule has 0 spiro atoms. The molecule has 128 valence electrons. The van der Waals surface area contributed by atoms with Gasteiger partial charge in [0.15, 0.2) is 11.5 Å². The van der Waals surface area contributed by atoms with Crippen LogP contribution in [-0.2, 0) is 11.2 Å².